The lowest BCUT2D eigenvalue weighted by Gasteiger charge is -2.26. The first-order chi connectivity index (χ1) is 10.3. The van der Waals surface area contributed by atoms with E-state index in [0.29, 0.717) is 41.3 Å². The fourth-order valence-electron chi connectivity index (χ4n) is 2.81. The Balaban J connectivity index is 1.69. The van der Waals surface area contributed by atoms with Gasteiger partial charge >= 0.3 is 0 Å². The molecule has 1 saturated carbocycles. The second kappa shape index (κ2) is 6.72. The highest BCUT2D eigenvalue weighted by molar-refractivity contribution is 9.10. The number of aromatic nitrogens is 2. The first kappa shape index (κ1) is 14.7. The Bertz CT molecular complexity index is 578. The highest BCUT2D eigenvalue weighted by Gasteiger charge is 2.24. The Morgan fingerprint density at radius 3 is 2.71 bits per heavy atom. The van der Waals surface area contributed by atoms with Gasteiger partial charge in [0.05, 0.1) is 13.2 Å². The van der Waals surface area contributed by atoms with Crippen LogP contribution in [0.5, 0.6) is 0 Å². The molecule has 21 heavy (non-hydrogen) atoms. The van der Waals surface area contributed by atoms with Crippen molar-refractivity contribution in [2.24, 2.45) is 0 Å². The van der Waals surface area contributed by atoms with Gasteiger partial charge in [-0.2, -0.15) is 0 Å². The molecule has 114 valence electrons. The summed E-state index contributed by atoms with van der Waals surface area (Å²) in [6.45, 7) is 1.34. The van der Waals surface area contributed by atoms with Crippen LogP contribution in [0.15, 0.2) is 25.6 Å². The van der Waals surface area contributed by atoms with Crippen LogP contribution in [0.1, 0.15) is 31.6 Å². The van der Waals surface area contributed by atoms with Crippen molar-refractivity contribution in [1.82, 2.24) is 15.1 Å². The van der Waals surface area contributed by atoms with Crippen molar-refractivity contribution in [2.75, 3.05) is 13.2 Å². The Morgan fingerprint density at radius 1 is 1.24 bits per heavy atom. The molecule has 0 spiro atoms. The van der Waals surface area contributed by atoms with Crippen LogP contribution < -0.4 is 0 Å². The summed E-state index contributed by atoms with van der Waals surface area (Å²) < 4.78 is 11.7. The minimum atomic E-state index is 0.141. The topological polar surface area (TPSA) is 75.5 Å². The second-order valence-electron chi connectivity index (χ2n) is 5.24. The van der Waals surface area contributed by atoms with Crippen LogP contribution >= 0.6 is 15.9 Å². The maximum absolute atomic E-state index is 9.23. The molecule has 3 rings (SSSR count). The van der Waals surface area contributed by atoms with Gasteiger partial charge in [-0.3, -0.25) is 4.90 Å². The fourth-order valence-corrected chi connectivity index (χ4v) is 3.12. The number of aliphatic hydroxyl groups is 1. The Morgan fingerprint density at radius 2 is 2.05 bits per heavy atom. The van der Waals surface area contributed by atoms with Crippen LogP contribution in [0.2, 0.25) is 0 Å². The minimum Gasteiger partial charge on any atom is -0.444 e. The smallest absolute Gasteiger partial charge is 0.283 e. The lowest BCUT2D eigenvalue weighted by atomic mass is 10.2. The molecule has 2 aromatic heterocycles. The molecule has 2 aromatic rings. The SMILES string of the molecule is OCCN(Cc1nnc(-c2ccc(Br)o2)o1)C1CCCC1. The van der Waals surface area contributed by atoms with Crippen LogP contribution in [-0.2, 0) is 6.54 Å². The van der Waals surface area contributed by atoms with Gasteiger partial charge in [-0.1, -0.05) is 12.8 Å². The average Bonchev–Trinajstić information content (AvgIpc) is 3.18. The van der Waals surface area contributed by atoms with Gasteiger partial charge in [0.1, 0.15) is 0 Å². The third-order valence-electron chi connectivity index (χ3n) is 3.82. The van der Waals surface area contributed by atoms with E-state index in [2.05, 4.69) is 31.0 Å². The summed E-state index contributed by atoms with van der Waals surface area (Å²) in [4.78, 5) is 2.22. The average molecular weight is 356 g/mol. The number of halogens is 1. The van der Waals surface area contributed by atoms with Gasteiger partial charge in [0, 0.05) is 12.6 Å². The quantitative estimate of drug-likeness (QED) is 0.858. The third kappa shape index (κ3) is 3.53. The van der Waals surface area contributed by atoms with Crippen molar-refractivity contribution < 1.29 is 13.9 Å². The van der Waals surface area contributed by atoms with Crippen molar-refractivity contribution >= 4 is 15.9 Å². The van der Waals surface area contributed by atoms with Gasteiger partial charge < -0.3 is 13.9 Å². The van der Waals surface area contributed by atoms with Gasteiger partial charge in [0.25, 0.3) is 5.89 Å². The normalized spacial score (nSPS) is 16.1. The third-order valence-corrected chi connectivity index (χ3v) is 4.24. The molecule has 0 atom stereocenters. The zero-order valence-electron chi connectivity index (χ0n) is 11.7. The Kier molecular flexibility index (Phi) is 4.72. The number of hydrogen-bond acceptors (Lipinski definition) is 6. The van der Waals surface area contributed by atoms with E-state index < -0.39 is 0 Å². The molecule has 1 fully saturated rings. The maximum Gasteiger partial charge on any atom is 0.283 e. The molecule has 1 aliphatic rings. The summed E-state index contributed by atoms with van der Waals surface area (Å²) in [6.07, 6.45) is 4.85. The largest absolute Gasteiger partial charge is 0.444 e. The molecule has 1 aliphatic carbocycles. The van der Waals surface area contributed by atoms with Crippen molar-refractivity contribution in [3.63, 3.8) is 0 Å². The summed E-state index contributed by atoms with van der Waals surface area (Å²) in [5.74, 6) is 1.49. The molecule has 2 heterocycles. The highest BCUT2D eigenvalue weighted by atomic mass is 79.9. The van der Waals surface area contributed by atoms with Crippen LogP contribution in [0, 0.1) is 0 Å². The van der Waals surface area contributed by atoms with E-state index in [9.17, 15) is 5.11 Å². The number of rotatable bonds is 6. The lowest BCUT2D eigenvalue weighted by molar-refractivity contribution is 0.134. The predicted octanol–water partition coefficient (Wildman–Crippen LogP) is 2.83. The number of hydrogen-bond donors (Lipinski definition) is 1. The van der Waals surface area contributed by atoms with Gasteiger partial charge in [0.15, 0.2) is 10.4 Å². The molecule has 0 aliphatic heterocycles. The van der Waals surface area contributed by atoms with Crippen LogP contribution in [-0.4, -0.2) is 39.4 Å². The van der Waals surface area contributed by atoms with Gasteiger partial charge in [0.2, 0.25) is 5.89 Å². The maximum atomic E-state index is 9.23. The van der Waals surface area contributed by atoms with Gasteiger partial charge in [-0.15, -0.1) is 10.2 Å². The molecule has 0 saturated heterocycles. The first-order valence-corrected chi connectivity index (χ1v) is 7.98. The summed E-state index contributed by atoms with van der Waals surface area (Å²) in [5, 5.41) is 17.3. The van der Waals surface area contributed by atoms with Crippen molar-refractivity contribution in [3.05, 3.63) is 22.7 Å². The molecule has 7 heteroatoms. The molecule has 0 radical (unpaired) electrons. The van der Waals surface area contributed by atoms with E-state index in [1.165, 1.54) is 25.7 Å². The second-order valence-corrected chi connectivity index (χ2v) is 6.02. The van der Waals surface area contributed by atoms with Gasteiger partial charge in [-0.05, 0) is 40.9 Å². The van der Waals surface area contributed by atoms with Crippen molar-refractivity contribution in [2.45, 2.75) is 38.3 Å². The van der Waals surface area contributed by atoms with Crippen LogP contribution in [0.3, 0.4) is 0 Å². The highest BCUT2D eigenvalue weighted by Crippen LogP contribution is 2.26. The van der Waals surface area contributed by atoms with E-state index in [1.807, 2.05) is 0 Å². The Hall–Kier alpha value is -1.18. The van der Waals surface area contributed by atoms with E-state index in [0.717, 1.165) is 0 Å². The number of furan rings is 1. The molecule has 6 nitrogen and oxygen atoms in total. The molecular weight excluding hydrogens is 338 g/mol. The molecule has 0 aromatic carbocycles. The minimum absolute atomic E-state index is 0.141. The van der Waals surface area contributed by atoms with Crippen LogP contribution in [0.4, 0.5) is 0 Å². The molecule has 0 amide bonds. The molecule has 0 unspecified atom stereocenters. The zero-order chi connectivity index (χ0) is 14.7. The van der Waals surface area contributed by atoms with E-state index >= 15 is 0 Å². The van der Waals surface area contributed by atoms with Crippen LogP contribution in [0.25, 0.3) is 11.7 Å². The monoisotopic (exact) mass is 355 g/mol. The summed E-state index contributed by atoms with van der Waals surface area (Å²) in [6, 6.07) is 4.07. The van der Waals surface area contributed by atoms with E-state index in [-0.39, 0.29) is 6.61 Å². The number of nitrogens with zero attached hydrogens (tertiary/aromatic N) is 3. The lowest BCUT2D eigenvalue weighted by Crippen LogP contribution is -2.35. The fraction of sp³-hybridized carbons (Fsp3) is 0.571. The van der Waals surface area contributed by atoms with E-state index in [1.54, 1.807) is 12.1 Å². The van der Waals surface area contributed by atoms with Gasteiger partial charge in [-0.25, -0.2) is 0 Å². The molecule has 0 bridgehead atoms. The van der Waals surface area contributed by atoms with Crippen molar-refractivity contribution in [1.29, 1.82) is 0 Å². The van der Waals surface area contributed by atoms with Crippen molar-refractivity contribution in [3.8, 4) is 11.7 Å². The summed E-state index contributed by atoms with van der Waals surface area (Å²) >= 11 is 3.25. The molecule has 1 N–H and O–H groups in total. The zero-order valence-corrected chi connectivity index (χ0v) is 13.3. The Labute approximate surface area is 131 Å². The predicted molar refractivity (Wildman–Crippen MR) is 79.5 cm³/mol. The standard InChI is InChI=1S/C14H18BrN3O3/c15-12-6-5-11(20-12)14-17-16-13(21-14)9-18(7-8-19)10-3-1-2-4-10/h5-6,10,19H,1-4,7-9H2. The molecular formula is C14H18BrN3O3. The first-order valence-electron chi connectivity index (χ1n) is 7.19. The summed E-state index contributed by atoms with van der Waals surface area (Å²) in [5.41, 5.74) is 0. The summed E-state index contributed by atoms with van der Waals surface area (Å²) in [7, 11) is 0. The number of aliphatic hydroxyl groups excluding tert-OH is 1. The van der Waals surface area contributed by atoms with E-state index in [4.69, 9.17) is 8.83 Å².